The molecule has 0 aliphatic rings. The van der Waals surface area contributed by atoms with E-state index in [9.17, 15) is 9.59 Å². The van der Waals surface area contributed by atoms with Crippen molar-refractivity contribution in [2.45, 2.75) is 20.4 Å². The van der Waals surface area contributed by atoms with E-state index in [4.69, 9.17) is 13.9 Å². The average molecular weight is 410 g/mol. The normalized spacial score (nSPS) is 10.9. The first-order valence-corrected chi connectivity index (χ1v) is 9.89. The molecule has 0 radical (unpaired) electrons. The van der Waals surface area contributed by atoms with Crippen molar-refractivity contribution in [3.8, 4) is 5.75 Å². The van der Waals surface area contributed by atoms with Crippen molar-refractivity contribution < 1.29 is 23.5 Å². The van der Waals surface area contributed by atoms with Crippen LogP contribution >= 0.6 is 0 Å². The molecular weight excluding hydrogens is 384 g/mol. The third kappa shape index (κ3) is 4.99. The Morgan fingerprint density at radius 3 is 2.47 bits per heavy atom. The Morgan fingerprint density at radius 1 is 1.07 bits per heavy atom. The van der Waals surface area contributed by atoms with E-state index in [0.29, 0.717) is 24.4 Å². The summed E-state index contributed by atoms with van der Waals surface area (Å²) in [5.74, 6) is 0.267. The van der Waals surface area contributed by atoms with Crippen molar-refractivity contribution in [3.63, 3.8) is 0 Å². The highest BCUT2D eigenvalue weighted by Gasteiger charge is 2.23. The number of nitrogens with zero attached hydrogens (tertiary/aromatic N) is 1. The van der Waals surface area contributed by atoms with Crippen LogP contribution in [0.15, 0.2) is 52.9 Å². The van der Waals surface area contributed by atoms with Crippen molar-refractivity contribution in [3.05, 3.63) is 59.9 Å². The van der Waals surface area contributed by atoms with E-state index in [1.165, 1.54) is 0 Å². The fourth-order valence-electron chi connectivity index (χ4n) is 3.20. The summed E-state index contributed by atoms with van der Waals surface area (Å²) < 4.78 is 16.0. The number of benzene rings is 2. The monoisotopic (exact) mass is 410 g/mol. The standard InChI is InChI=1S/C23H26N2O5/c1-4-25(15-21(26)24-16-10-12-17(28-3)13-11-16)14-19-18-8-6-7-9-20(18)30-22(19)23(27)29-5-2/h6-13H,4-5,14-15H2,1-3H3,(H,24,26). The van der Waals surface area contributed by atoms with Crippen LogP contribution in [0.3, 0.4) is 0 Å². The number of furan rings is 1. The van der Waals surface area contributed by atoms with Gasteiger partial charge in [0.2, 0.25) is 11.7 Å². The van der Waals surface area contributed by atoms with Crippen LogP contribution in [0, 0.1) is 0 Å². The van der Waals surface area contributed by atoms with Gasteiger partial charge in [-0.15, -0.1) is 0 Å². The van der Waals surface area contributed by atoms with Crippen molar-refractivity contribution >= 4 is 28.5 Å². The van der Waals surface area contributed by atoms with Crippen LogP contribution in [0.25, 0.3) is 11.0 Å². The van der Waals surface area contributed by atoms with Gasteiger partial charge in [-0.3, -0.25) is 9.69 Å². The second kappa shape index (κ2) is 9.93. The second-order valence-electron chi connectivity index (χ2n) is 6.71. The maximum Gasteiger partial charge on any atom is 0.374 e. The number of likely N-dealkylation sites (N-methyl/N-ethyl adjacent to an activating group) is 1. The molecule has 0 fully saturated rings. The minimum Gasteiger partial charge on any atom is -0.497 e. The number of carbonyl (C=O) groups is 2. The van der Waals surface area contributed by atoms with Crippen LogP contribution in [0.5, 0.6) is 5.75 Å². The summed E-state index contributed by atoms with van der Waals surface area (Å²) in [4.78, 5) is 26.9. The largest absolute Gasteiger partial charge is 0.497 e. The number of nitrogens with one attached hydrogen (secondary N) is 1. The minimum atomic E-state index is -0.498. The van der Waals surface area contributed by atoms with Crippen LogP contribution in [0.2, 0.25) is 0 Å². The average Bonchev–Trinajstić information content (AvgIpc) is 3.12. The highest BCUT2D eigenvalue weighted by molar-refractivity contribution is 5.96. The third-order valence-corrected chi connectivity index (χ3v) is 4.73. The lowest BCUT2D eigenvalue weighted by Gasteiger charge is -2.20. The zero-order chi connectivity index (χ0) is 21.5. The van der Waals surface area contributed by atoms with Crippen LogP contribution in [-0.4, -0.2) is 43.6 Å². The molecule has 3 rings (SSSR count). The molecule has 0 bridgehead atoms. The fraction of sp³-hybridized carbons (Fsp3) is 0.304. The molecule has 2 aromatic carbocycles. The number of esters is 1. The molecule has 0 unspecified atom stereocenters. The molecule has 0 aliphatic heterocycles. The molecule has 1 amide bonds. The Bertz CT molecular complexity index is 1010. The number of methoxy groups -OCH3 is 1. The van der Waals surface area contributed by atoms with Gasteiger partial charge >= 0.3 is 5.97 Å². The molecule has 3 aromatic rings. The Kier molecular flexibility index (Phi) is 7.08. The van der Waals surface area contributed by atoms with E-state index in [1.54, 1.807) is 38.3 Å². The van der Waals surface area contributed by atoms with Gasteiger partial charge in [0.25, 0.3) is 0 Å². The summed E-state index contributed by atoms with van der Waals surface area (Å²) in [5, 5.41) is 3.72. The number of fused-ring (bicyclic) bond motifs is 1. The summed E-state index contributed by atoms with van der Waals surface area (Å²) in [7, 11) is 1.59. The molecule has 0 aliphatic carbocycles. The Labute approximate surface area is 175 Å². The van der Waals surface area contributed by atoms with Crippen molar-refractivity contribution in [2.75, 3.05) is 32.1 Å². The highest BCUT2D eigenvalue weighted by atomic mass is 16.5. The maximum atomic E-state index is 12.6. The number of ether oxygens (including phenoxy) is 2. The van der Waals surface area contributed by atoms with Crippen LogP contribution in [0.4, 0.5) is 5.69 Å². The predicted molar refractivity (Wildman–Crippen MR) is 115 cm³/mol. The summed E-state index contributed by atoms with van der Waals surface area (Å²) in [6, 6.07) is 14.6. The van der Waals surface area contributed by atoms with E-state index in [1.807, 2.05) is 36.1 Å². The van der Waals surface area contributed by atoms with Gasteiger partial charge in [0.05, 0.1) is 20.3 Å². The van der Waals surface area contributed by atoms with E-state index in [2.05, 4.69) is 5.32 Å². The zero-order valence-corrected chi connectivity index (χ0v) is 17.4. The van der Waals surface area contributed by atoms with Gasteiger partial charge in [-0.2, -0.15) is 0 Å². The first kappa shape index (κ1) is 21.4. The van der Waals surface area contributed by atoms with Gasteiger partial charge in [0, 0.05) is 23.2 Å². The molecule has 0 saturated carbocycles. The summed E-state index contributed by atoms with van der Waals surface area (Å²) in [5.41, 5.74) is 2.04. The number of hydrogen-bond donors (Lipinski definition) is 1. The number of carbonyl (C=O) groups excluding carboxylic acids is 2. The van der Waals surface area contributed by atoms with Gasteiger partial charge in [-0.25, -0.2) is 4.79 Å². The molecule has 1 N–H and O–H groups in total. The predicted octanol–water partition coefficient (Wildman–Crippen LogP) is 4.08. The summed E-state index contributed by atoms with van der Waals surface area (Å²) in [6.45, 7) is 5.16. The molecule has 0 atom stereocenters. The quantitative estimate of drug-likeness (QED) is 0.536. The molecule has 7 nitrogen and oxygen atoms in total. The lowest BCUT2D eigenvalue weighted by molar-refractivity contribution is -0.117. The van der Waals surface area contributed by atoms with Gasteiger partial charge in [0.1, 0.15) is 11.3 Å². The van der Waals surface area contributed by atoms with Gasteiger partial charge in [0.15, 0.2) is 0 Å². The van der Waals surface area contributed by atoms with E-state index >= 15 is 0 Å². The van der Waals surface area contributed by atoms with Gasteiger partial charge in [-0.05, 0) is 43.8 Å². The Hall–Kier alpha value is -3.32. The van der Waals surface area contributed by atoms with Crippen molar-refractivity contribution in [2.24, 2.45) is 0 Å². The molecular formula is C23H26N2O5. The topological polar surface area (TPSA) is 81.0 Å². The van der Waals surface area contributed by atoms with E-state index in [-0.39, 0.29) is 24.8 Å². The van der Waals surface area contributed by atoms with Crippen LogP contribution < -0.4 is 10.1 Å². The SMILES string of the molecule is CCOC(=O)c1oc2ccccc2c1CN(CC)CC(=O)Nc1ccc(OC)cc1. The maximum absolute atomic E-state index is 12.6. The Morgan fingerprint density at radius 2 is 1.80 bits per heavy atom. The number of rotatable bonds is 9. The molecule has 30 heavy (non-hydrogen) atoms. The number of anilines is 1. The fourth-order valence-corrected chi connectivity index (χ4v) is 3.20. The second-order valence-corrected chi connectivity index (χ2v) is 6.71. The highest BCUT2D eigenvalue weighted by Crippen LogP contribution is 2.28. The lowest BCUT2D eigenvalue weighted by atomic mass is 10.1. The number of hydrogen-bond acceptors (Lipinski definition) is 6. The van der Waals surface area contributed by atoms with Gasteiger partial charge in [-0.1, -0.05) is 25.1 Å². The van der Waals surface area contributed by atoms with Crippen LogP contribution in [-0.2, 0) is 16.1 Å². The summed E-state index contributed by atoms with van der Waals surface area (Å²) in [6.07, 6.45) is 0. The molecule has 158 valence electrons. The van der Waals surface area contributed by atoms with Crippen molar-refractivity contribution in [1.82, 2.24) is 4.90 Å². The Balaban J connectivity index is 1.76. The van der Waals surface area contributed by atoms with Crippen molar-refractivity contribution in [1.29, 1.82) is 0 Å². The smallest absolute Gasteiger partial charge is 0.374 e. The lowest BCUT2D eigenvalue weighted by Crippen LogP contribution is -2.33. The van der Waals surface area contributed by atoms with Crippen LogP contribution in [0.1, 0.15) is 30.0 Å². The van der Waals surface area contributed by atoms with E-state index < -0.39 is 5.97 Å². The third-order valence-electron chi connectivity index (χ3n) is 4.73. The zero-order valence-electron chi connectivity index (χ0n) is 17.4. The van der Waals surface area contributed by atoms with Gasteiger partial charge < -0.3 is 19.2 Å². The molecule has 0 saturated heterocycles. The molecule has 0 spiro atoms. The summed E-state index contributed by atoms with van der Waals surface area (Å²) >= 11 is 0. The molecule has 1 heterocycles. The van der Waals surface area contributed by atoms with E-state index in [0.717, 1.165) is 16.7 Å². The molecule has 7 heteroatoms. The molecule has 1 aromatic heterocycles. The first-order chi connectivity index (χ1) is 14.5. The number of amides is 1. The minimum absolute atomic E-state index is 0.146. The first-order valence-electron chi connectivity index (χ1n) is 9.89. The number of para-hydroxylation sites is 1.